The molecule has 1 unspecified atom stereocenters. The minimum atomic E-state index is -0.502. The van der Waals surface area contributed by atoms with Gasteiger partial charge in [-0.15, -0.1) is 0 Å². The van der Waals surface area contributed by atoms with Gasteiger partial charge in [0, 0.05) is 25.4 Å². The molecule has 0 bridgehead atoms. The van der Waals surface area contributed by atoms with Crippen LogP contribution < -0.4 is 0 Å². The molecule has 0 radical (unpaired) electrons. The molecule has 1 aromatic rings. The number of likely N-dealkylation sites (tertiary alicyclic amines) is 1. The SMILES string of the molecule is Cc1ccc(C)c(CC(=O)C2CCN(C(=O)OC(C)(C)C)C2)c1. The molecule has 0 N–H and O–H groups in total. The van der Waals surface area contributed by atoms with Crippen LogP contribution in [0.25, 0.3) is 0 Å². The molecule has 1 saturated heterocycles. The van der Waals surface area contributed by atoms with Gasteiger partial charge in [-0.25, -0.2) is 4.79 Å². The zero-order valence-electron chi connectivity index (χ0n) is 14.8. The molecular formula is C19H27NO3. The molecule has 1 aromatic carbocycles. The highest BCUT2D eigenvalue weighted by molar-refractivity contribution is 5.85. The maximum atomic E-state index is 12.6. The first-order chi connectivity index (χ1) is 10.7. The van der Waals surface area contributed by atoms with Gasteiger partial charge >= 0.3 is 6.09 Å². The number of ether oxygens (including phenoxy) is 1. The van der Waals surface area contributed by atoms with Crippen molar-refractivity contribution in [2.45, 2.75) is 53.1 Å². The van der Waals surface area contributed by atoms with Crippen LogP contribution in [0.4, 0.5) is 4.79 Å². The van der Waals surface area contributed by atoms with E-state index in [1.807, 2.05) is 34.6 Å². The van der Waals surface area contributed by atoms with Crippen molar-refractivity contribution >= 4 is 11.9 Å². The Balaban J connectivity index is 1.95. The quantitative estimate of drug-likeness (QED) is 0.854. The van der Waals surface area contributed by atoms with Gasteiger partial charge in [0.25, 0.3) is 0 Å². The van der Waals surface area contributed by atoms with Crippen molar-refractivity contribution in [1.29, 1.82) is 0 Å². The van der Waals surface area contributed by atoms with E-state index in [1.165, 1.54) is 5.56 Å². The smallest absolute Gasteiger partial charge is 0.410 e. The summed E-state index contributed by atoms with van der Waals surface area (Å²) in [5.41, 5.74) is 2.90. The lowest BCUT2D eigenvalue weighted by molar-refractivity contribution is -0.121. The van der Waals surface area contributed by atoms with Crippen LogP contribution in [0.1, 0.15) is 43.9 Å². The highest BCUT2D eigenvalue weighted by atomic mass is 16.6. The summed E-state index contributed by atoms with van der Waals surface area (Å²) in [5.74, 6) is 0.132. The van der Waals surface area contributed by atoms with Crippen molar-refractivity contribution in [3.8, 4) is 0 Å². The summed E-state index contributed by atoms with van der Waals surface area (Å²) in [6.07, 6.45) is 0.850. The fourth-order valence-electron chi connectivity index (χ4n) is 2.84. The third kappa shape index (κ3) is 4.81. The molecule has 4 heteroatoms. The average Bonchev–Trinajstić information content (AvgIpc) is 2.91. The minimum absolute atomic E-state index is 0.0811. The molecule has 4 nitrogen and oxygen atoms in total. The topological polar surface area (TPSA) is 46.6 Å². The van der Waals surface area contributed by atoms with Gasteiger partial charge in [-0.3, -0.25) is 4.79 Å². The highest BCUT2D eigenvalue weighted by Gasteiger charge is 2.33. The Kier molecular flexibility index (Phi) is 5.12. The van der Waals surface area contributed by atoms with Gasteiger partial charge in [0.2, 0.25) is 0 Å². The predicted molar refractivity (Wildman–Crippen MR) is 90.5 cm³/mol. The molecule has 0 aliphatic carbocycles. The second-order valence-corrected chi connectivity index (χ2v) is 7.48. The molecule has 1 amide bonds. The number of ketones is 1. The molecule has 0 saturated carbocycles. The molecule has 126 valence electrons. The summed E-state index contributed by atoms with van der Waals surface area (Å²) in [4.78, 5) is 26.3. The van der Waals surface area contributed by atoms with E-state index >= 15 is 0 Å². The van der Waals surface area contributed by atoms with E-state index in [0.29, 0.717) is 19.5 Å². The number of aryl methyl sites for hydroxylation is 2. The minimum Gasteiger partial charge on any atom is -0.444 e. The van der Waals surface area contributed by atoms with E-state index in [1.54, 1.807) is 4.90 Å². The van der Waals surface area contributed by atoms with Crippen molar-refractivity contribution in [2.24, 2.45) is 5.92 Å². The number of Topliss-reactive ketones (excluding diaryl/α,β-unsaturated/α-hetero) is 1. The van der Waals surface area contributed by atoms with E-state index in [4.69, 9.17) is 4.74 Å². The van der Waals surface area contributed by atoms with Gasteiger partial charge in [-0.1, -0.05) is 23.8 Å². The van der Waals surface area contributed by atoms with E-state index in [0.717, 1.165) is 17.5 Å². The van der Waals surface area contributed by atoms with Crippen LogP contribution in [0.15, 0.2) is 18.2 Å². The van der Waals surface area contributed by atoms with Crippen LogP contribution in [0.2, 0.25) is 0 Å². The van der Waals surface area contributed by atoms with Gasteiger partial charge in [-0.05, 0) is 52.2 Å². The van der Waals surface area contributed by atoms with Gasteiger partial charge in [0.15, 0.2) is 0 Å². The van der Waals surface area contributed by atoms with Crippen LogP contribution in [-0.2, 0) is 16.0 Å². The summed E-state index contributed by atoms with van der Waals surface area (Å²) in [7, 11) is 0. The normalized spacial score (nSPS) is 18.1. The third-order valence-electron chi connectivity index (χ3n) is 4.16. The van der Waals surface area contributed by atoms with E-state index in [9.17, 15) is 9.59 Å². The molecule has 23 heavy (non-hydrogen) atoms. The van der Waals surface area contributed by atoms with Crippen molar-refractivity contribution in [3.63, 3.8) is 0 Å². The zero-order chi connectivity index (χ0) is 17.2. The number of nitrogens with zero attached hydrogens (tertiary/aromatic N) is 1. The number of rotatable bonds is 3. The lowest BCUT2D eigenvalue weighted by Gasteiger charge is -2.24. The number of hydrogen-bond donors (Lipinski definition) is 0. The number of hydrogen-bond acceptors (Lipinski definition) is 3. The Labute approximate surface area is 138 Å². The van der Waals surface area contributed by atoms with Gasteiger partial charge < -0.3 is 9.64 Å². The van der Waals surface area contributed by atoms with E-state index in [-0.39, 0.29) is 17.8 Å². The molecule has 1 atom stereocenters. The van der Waals surface area contributed by atoms with Crippen molar-refractivity contribution < 1.29 is 14.3 Å². The molecular weight excluding hydrogens is 290 g/mol. The first kappa shape index (κ1) is 17.5. The van der Waals surface area contributed by atoms with Crippen LogP contribution in [0.5, 0.6) is 0 Å². The molecule has 1 aliphatic rings. The average molecular weight is 317 g/mol. The lowest BCUT2D eigenvalue weighted by Crippen LogP contribution is -2.36. The standard InChI is InChI=1S/C19H27NO3/c1-13-6-7-14(2)16(10-13)11-17(21)15-8-9-20(12-15)18(22)23-19(3,4)5/h6-7,10,15H,8-9,11-12H2,1-5H3. The Morgan fingerprint density at radius 2 is 1.96 bits per heavy atom. The molecule has 0 aromatic heterocycles. The second-order valence-electron chi connectivity index (χ2n) is 7.48. The summed E-state index contributed by atoms with van der Waals surface area (Å²) in [5, 5.41) is 0. The van der Waals surface area contributed by atoms with Crippen LogP contribution in [-0.4, -0.2) is 35.5 Å². The fraction of sp³-hybridized carbons (Fsp3) is 0.579. The maximum Gasteiger partial charge on any atom is 0.410 e. The van der Waals surface area contributed by atoms with Gasteiger partial charge in [-0.2, -0.15) is 0 Å². The molecule has 1 aliphatic heterocycles. The Bertz CT molecular complexity index is 601. The van der Waals surface area contributed by atoms with Crippen molar-refractivity contribution in [3.05, 3.63) is 34.9 Å². The molecule has 2 rings (SSSR count). The van der Waals surface area contributed by atoms with Crippen LogP contribution in [0.3, 0.4) is 0 Å². The summed E-state index contributed by atoms with van der Waals surface area (Å²) >= 11 is 0. The molecule has 1 fully saturated rings. The molecule has 0 spiro atoms. The highest BCUT2D eigenvalue weighted by Crippen LogP contribution is 2.22. The summed E-state index contributed by atoms with van der Waals surface area (Å²) in [6, 6.07) is 6.19. The fourth-order valence-corrected chi connectivity index (χ4v) is 2.84. The van der Waals surface area contributed by atoms with E-state index in [2.05, 4.69) is 18.2 Å². The van der Waals surface area contributed by atoms with Crippen molar-refractivity contribution in [1.82, 2.24) is 4.90 Å². The monoisotopic (exact) mass is 317 g/mol. The Morgan fingerprint density at radius 1 is 1.26 bits per heavy atom. The first-order valence-electron chi connectivity index (χ1n) is 8.22. The Morgan fingerprint density at radius 3 is 2.61 bits per heavy atom. The number of carbonyl (C=O) groups is 2. The van der Waals surface area contributed by atoms with E-state index < -0.39 is 5.60 Å². The maximum absolute atomic E-state index is 12.6. The second kappa shape index (κ2) is 6.73. The lowest BCUT2D eigenvalue weighted by atomic mass is 9.94. The molecule has 1 heterocycles. The largest absolute Gasteiger partial charge is 0.444 e. The summed E-state index contributed by atoms with van der Waals surface area (Å²) in [6.45, 7) is 10.7. The van der Waals surface area contributed by atoms with Crippen molar-refractivity contribution in [2.75, 3.05) is 13.1 Å². The third-order valence-corrected chi connectivity index (χ3v) is 4.16. The first-order valence-corrected chi connectivity index (χ1v) is 8.22. The number of amides is 1. The zero-order valence-corrected chi connectivity index (χ0v) is 14.8. The number of carbonyl (C=O) groups excluding carboxylic acids is 2. The predicted octanol–water partition coefficient (Wildman–Crippen LogP) is 3.67. The van der Waals surface area contributed by atoms with Gasteiger partial charge in [0.1, 0.15) is 11.4 Å². The van der Waals surface area contributed by atoms with Crippen LogP contribution in [0, 0.1) is 19.8 Å². The van der Waals surface area contributed by atoms with Crippen LogP contribution >= 0.6 is 0 Å². The number of benzene rings is 1. The summed E-state index contributed by atoms with van der Waals surface area (Å²) < 4.78 is 5.38. The van der Waals surface area contributed by atoms with Gasteiger partial charge in [0.05, 0.1) is 0 Å². The Hall–Kier alpha value is -1.84.